The molecular formula is C31H41N7O5. The monoisotopic (exact) mass is 591 g/mol. The largest absolute Gasteiger partial charge is 0.444 e. The second kappa shape index (κ2) is 12.7. The fourth-order valence-corrected chi connectivity index (χ4v) is 4.19. The number of hydrogen-bond acceptors (Lipinski definition) is 8. The van der Waals surface area contributed by atoms with Crippen LogP contribution in [-0.2, 0) is 16.0 Å². The van der Waals surface area contributed by atoms with Crippen LogP contribution in [0.3, 0.4) is 0 Å². The number of oxazole rings is 1. The molecule has 0 aliphatic heterocycles. The summed E-state index contributed by atoms with van der Waals surface area (Å²) < 4.78 is 17.0. The van der Waals surface area contributed by atoms with Gasteiger partial charge in [-0.25, -0.2) is 24.5 Å². The highest BCUT2D eigenvalue weighted by molar-refractivity contribution is 5.70. The van der Waals surface area contributed by atoms with Gasteiger partial charge in [-0.2, -0.15) is 0 Å². The van der Waals surface area contributed by atoms with Crippen LogP contribution in [0.2, 0.25) is 0 Å². The summed E-state index contributed by atoms with van der Waals surface area (Å²) in [4.78, 5) is 46.2. The Morgan fingerprint density at radius 1 is 0.953 bits per heavy atom. The second-order valence-electron chi connectivity index (χ2n) is 12.3. The van der Waals surface area contributed by atoms with Crippen LogP contribution in [0.15, 0.2) is 47.3 Å². The summed E-state index contributed by atoms with van der Waals surface area (Å²) in [6.07, 6.45) is 4.91. The van der Waals surface area contributed by atoms with E-state index in [4.69, 9.17) is 13.9 Å². The first-order valence-corrected chi connectivity index (χ1v) is 14.3. The predicted molar refractivity (Wildman–Crippen MR) is 162 cm³/mol. The zero-order valence-corrected chi connectivity index (χ0v) is 26.1. The number of benzene rings is 1. The third-order valence-corrected chi connectivity index (χ3v) is 6.05. The number of nitrogens with one attached hydrogen (secondary N) is 3. The minimum Gasteiger partial charge on any atom is -0.444 e. The Morgan fingerprint density at radius 3 is 2.35 bits per heavy atom. The highest BCUT2D eigenvalue weighted by Crippen LogP contribution is 2.29. The van der Waals surface area contributed by atoms with Gasteiger partial charge in [-0.15, -0.1) is 0 Å². The number of ether oxygens (including phenoxy) is 2. The van der Waals surface area contributed by atoms with Gasteiger partial charge in [0.1, 0.15) is 28.5 Å². The summed E-state index contributed by atoms with van der Waals surface area (Å²) in [5.74, 6) is 2.16. The lowest BCUT2D eigenvalue weighted by atomic mass is 10.1. The average molecular weight is 592 g/mol. The minimum atomic E-state index is -0.587. The average Bonchev–Trinajstić information content (AvgIpc) is 3.67. The fourth-order valence-electron chi connectivity index (χ4n) is 4.19. The van der Waals surface area contributed by atoms with Gasteiger partial charge in [0.15, 0.2) is 5.76 Å². The highest BCUT2D eigenvalue weighted by Gasteiger charge is 2.23. The number of aromatic amines is 2. The van der Waals surface area contributed by atoms with Gasteiger partial charge in [0, 0.05) is 17.7 Å². The number of nitrogens with zero attached hydrogens (tertiary/aromatic N) is 4. The molecule has 3 N–H and O–H groups in total. The van der Waals surface area contributed by atoms with Crippen molar-refractivity contribution in [3.63, 3.8) is 0 Å². The van der Waals surface area contributed by atoms with Crippen molar-refractivity contribution in [3.8, 4) is 34.2 Å². The van der Waals surface area contributed by atoms with E-state index in [0.29, 0.717) is 35.5 Å². The Bertz CT molecular complexity index is 1540. The Morgan fingerprint density at radius 2 is 1.65 bits per heavy atom. The summed E-state index contributed by atoms with van der Waals surface area (Å²) in [7, 11) is 0. The highest BCUT2D eigenvalue weighted by atomic mass is 16.6. The van der Waals surface area contributed by atoms with E-state index in [1.807, 2.05) is 79.7 Å². The Labute approximate surface area is 251 Å². The maximum Gasteiger partial charge on any atom is 0.410 e. The zero-order chi connectivity index (χ0) is 31.4. The van der Waals surface area contributed by atoms with Crippen molar-refractivity contribution in [1.29, 1.82) is 0 Å². The number of hydrogen-bond donors (Lipinski definition) is 3. The van der Waals surface area contributed by atoms with E-state index in [-0.39, 0.29) is 18.7 Å². The molecule has 0 aliphatic rings. The number of amides is 2. The maximum atomic E-state index is 12.6. The van der Waals surface area contributed by atoms with Crippen LogP contribution in [0.1, 0.15) is 79.5 Å². The van der Waals surface area contributed by atoms with Crippen LogP contribution in [0.5, 0.6) is 0 Å². The van der Waals surface area contributed by atoms with Crippen molar-refractivity contribution in [2.45, 2.75) is 85.6 Å². The molecule has 0 fully saturated rings. The van der Waals surface area contributed by atoms with E-state index in [2.05, 4.69) is 30.2 Å². The molecule has 1 atom stereocenters. The number of H-pyrrole nitrogens is 2. The molecule has 0 saturated heterocycles. The molecule has 230 valence electrons. The smallest absolute Gasteiger partial charge is 0.410 e. The predicted octanol–water partition coefficient (Wildman–Crippen LogP) is 6.85. The van der Waals surface area contributed by atoms with Crippen molar-refractivity contribution in [2.75, 3.05) is 6.54 Å². The number of aromatic nitrogens is 5. The van der Waals surface area contributed by atoms with Crippen LogP contribution in [0, 0.1) is 0 Å². The number of rotatable bonds is 9. The molecule has 3 heterocycles. The lowest BCUT2D eigenvalue weighted by molar-refractivity contribution is 0.0229. The summed E-state index contributed by atoms with van der Waals surface area (Å²) in [6, 6.07) is 7.40. The maximum absolute atomic E-state index is 12.6. The van der Waals surface area contributed by atoms with Crippen LogP contribution in [0.25, 0.3) is 34.2 Å². The van der Waals surface area contributed by atoms with E-state index < -0.39 is 17.3 Å². The van der Waals surface area contributed by atoms with Crippen molar-refractivity contribution >= 4 is 12.2 Å². The second-order valence-corrected chi connectivity index (χ2v) is 12.3. The Balaban J connectivity index is 1.45. The van der Waals surface area contributed by atoms with E-state index in [0.717, 1.165) is 23.2 Å². The van der Waals surface area contributed by atoms with Gasteiger partial charge < -0.3 is 34.1 Å². The summed E-state index contributed by atoms with van der Waals surface area (Å²) in [6.45, 7) is 15.6. The van der Waals surface area contributed by atoms with Gasteiger partial charge in [-0.1, -0.05) is 25.1 Å². The third kappa shape index (κ3) is 8.69. The molecule has 1 aromatic carbocycles. The van der Waals surface area contributed by atoms with Gasteiger partial charge in [0.2, 0.25) is 5.89 Å². The molecule has 4 aromatic rings. The number of alkyl carbamates (subject to hydrolysis) is 1. The SMILES string of the molecule is CCCN(Cc1ncc(-c2ncc(-c3cccc(-c4cnc([C@H](C)NC(=O)OC(C)(C)C)[nH]4)c3)o2)[nH]1)C(=O)OC(C)(C)C. The van der Waals surface area contributed by atoms with Crippen LogP contribution in [0.4, 0.5) is 9.59 Å². The van der Waals surface area contributed by atoms with Crippen molar-refractivity contribution in [1.82, 2.24) is 35.1 Å². The Hall–Kier alpha value is -4.61. The number of carbonyl (C=O) groups is 2. The van der Waals surface area contributed by atoms with Gasteiger partial charge in [-0.3, -0.25) is 0 Å². The van der Waals surface area contributed by atoms with Gasteiger partial charge in [-0.05, 0) is 61.0 Å². The number of imidazole rings is 2. The van der Waals surface area contributed by atoms with E-state index in [1.165, 1.54) is 0 Å². The third-order valence-electron chi connectivity index (χ3n) is 6.05. The molecule has 43 heavy (non-hydrogen) atoms. The molecule has 0 aliphatic carbocycles. The molecular weight excluding hydrogens is 550 g/mol. The van der Waals surface area contributed by atoms with Crippen molar-refractivity contribution in [3.05, 3.63) is 54.5 Å². The first kappa shape index (κ1) is 31.3. The van der Waals surface area contributed by atoms with Gasteiger partial charge in [0.05, 0.1) is 36.9 Å². The molecule has 0 spiro atoms. The summed E-state index contributed by atoms with van der Waals surface area (Å²) in [5, 5.41) is 2.79. The topological polar surface area (TPSA) is 151 Å². The molecule has 4 rings (SSSR count). The molecule has 2 amide bonds. The molecule has 12 heteroatoms. The molecule has 0 radical (unpaired) electrons. The lowest BCUT2D eigenvalue weighted by Gasteiger charge is -2.26. The van der Waals surface area contributed by atoms with Crippen molar-refractivity contribution in [2.24, 2.45) is 0 Å². The van der Waals surface area contributed by atoms with Gasteiger partial charge >= 0.3 is 12.2 Å². The minimum absolute atomic E-state index is 0.274. The lowest BCUT2D eigenvalue weighted by Crippen LogP contribution is -2.37. The molecule has 0 unspecified atom stereocenters. The first-order valence-electron chi connectivity index (χ1n) is 14.3. The van der Waals surface area contributed by atoms with Crippen LogP contribution in [-0.4, -0.2) is 59.8 Å². The molecule has 0 saturated carbocycles. The Kier molecular flexibility index (Phi) is 9.27. The van der Waals surface area contributed by atoms with E-state index in [1.54, 1.807) is 23.5 Å². The first-order chi connectivity index (χ1) is 20.2. The quantitative estimate of drug-likeness (QED) is 0.191. The van der Waals surface area contributed by atoms with Gasteiger partial charge in [0.25, 0.3) is 0 Å². The summed E-state index contributed by atoms with van der Waals surface area (Å²) in [5.41, 5.74) is 1.93. The van der Waals surface area contributed by atoms with E-state index in [9.17, 15) is 9.59 Å². The van der Waals surface area contributed by atoms with Crippen LogP contribution < -0.4 is 5.32 Å². The van der Waals surface area contributed by atoms with Crippen LogP contribution >= 0.6 is 0 Å². The summed E-state index contributed by atoms with van der Waals surface area (Å²) >= 11 is 0. The van der Waals surface area contributed by atoms with Crippen molar-refractivity contribution < 1.29 is 23.5 Å². The molecule has 12 nitrogen and oxygen atoms in total. The molecule has 0 bridgehead atoms. The zero-order valence-electron chi connectivity index (χ0n) is 26.1. The normalized spacial score (nSPS) is 12.6. The van der Waals surface area contributed by atoms with E-state index >= 15 is 0 Å². The number of carbonyl (C=O) groups excluding carboxylic acids is 2. The standard InChI is InChI=1S/C31H41N7O5/c1-9-13-38(29(40)43-31(6,7)8)18-25-32-16-23(36-25)27-34-17-24(41-27)21-12-10-11-20(14-21)22-15-33-26(37-22)19(2)35-28(39)42-30(3,4)5/h10-12,14-17,19H,9,13,18H2,1-8H3,(H,32,36)(H,33,37)(H,35,39)/t19-/m0/s1. The molecule has 3 aromatic heterocycles. The fraction of sp³-hybridized carbons (Fsp3) is 0.452.